The van der Waals surface area contributed by atoms with Crippen LogP contribution in [0.4, 0.5) is 0 Å². The van der Waals surface area contributed by atoms with Gasteiger partial charge in [-0.2, -0.15) is 0 Å². The van der Waals surface area contributed by atoms with Crippen LogP contribution in [0.2, 0.25) is 0 Å². The maximum Gasteiger partial charge on any atom is 0.209 e. The Morgan fingerprint density at radius 1 is 1.47 bits per heavy atom. The van der Waals surface area contributed by atoms with E-state index in [2.05, 4.69) is 17.6 Å². The quantitative estimate of drug-likeness (QED) is 0.572. The van der Waals surface area contributed by atoms with Crippen molar-refractivity contribution in [2.24, 2.45) is 5.14 Å². The smallest absolute Gasteiger partial charge is 0.209 e. The Morgan fingerprint density at radius 3 is 2.82 bits per heavy atom. The molecule has 2 atom stereocenters. The highest BCUT2D eigenvalue weighted by molar-refractivity contribution is 7.89. The molecule has 2 unspecified atom stereocenters. The van der Waals surface area contributed by atoms with Gasteiger partial charge in [0.05, 0.1) is 5.75 Å². The van der Waals surface area contributed by atoms with E-state index in [1.54, 1.807) is 0 Å². The molecule has 0 spiro atoms. The highest BCUT2D eigenvalue weighted by Crippen LogP contribution is 2.11. The van der Waals surface area contributed by atoms with E-state index in [0.29, 0.717) is 25.0 Å². The monoisotopic (exact) mass is 263 g/mol. The summed E-state index contributed by atoms with van der Waals surface area (Å²) in [5.41, 5.74) is 0. The zero-order valence-corrected chi connectivity index (χ0v) is 11.4. The third kappa shape index (κ3) is 7.70. The standard InChI is InChI=1S/C11H25N3O2S/c1-10(9-11-5-2-3-6-14-11)13-7-4-8-17(12,15)16/h10-11,13-14H,2-9H2,1H3,(H2,12,15,16). The third-order valence-corrected chi connectivity index (χ3v) is 4.01. The molecular formula is C11H25N3O2S. The van der Waals surface area contributed by atoms with Crippen molar-refractivity contribution in [3.8, 4) is 0 Å². The molecule has 6 heteroatoms. The van der Waals surface area contributed by atoms with E-state index in [1.807, 2.05) is 0 Å². The Bertz CT molecular complexity index is 300. The Morgan fingerprint density at radius 2 is 2.24 bits per heavy atom. The molecule has 0 aromatic heterocycles. The number of hydrogen-bond acceptors (Lipinski definition) is 4. The number of piperidine rings is 1. The Kier molecular flexibility index (Phi) is 6.40. The van der Waals surface area contributed by atoms with Gasteiger partial charge in [-0.1, -0.05) is 6.42 Å². The van der Waals surface area contributed by atoms with Crippen LogP contribution in [0.3, 0.4) is 0 Å². The summed E-state index contributed by atoms with van der Waals surface area (Å²) < 4.78 is 21.5. The van der Waals surface area contributed by atoms with Crippen molar-refractivity contribution < 1.29 is 8.42 Å². The van der Waals surface area contributed by atoms with Crippen LogP contribution in [0, 0.1) is 0 Å². The summed E-state index contributed by atoms with van der Waals surface area (Å²) >= 11 is 0. The number of hydrogen-bond donors (Lipinski definition) is 3. The molecule has 102 valence electrons. The molecular weight excluding hydrogens is 238 g/mol. The van der Waals surface area contributed by atoms with E-state index in [4.69, 9.17) is 5.14 Å². The SMILES string of the molecule is CC(CC1CCCCN1)NCCCS(N)(=O)=O. The van der Waals surface area contributed by atoms with Gasteiger partial charge in [-0.05, 0) is 45.7 Å². The first-order valence-corrected chi connectivity index (χ1v) is 8.16. The lowest BCUT2D eigenvalue weighted by atomic mass is 9.99. The number of nitrogens with one attached hydrogen (secondary N) is 2. The molecule has 0 bridgehead atoms. The second kappa shape index (κ2) is 7.31. The first kappa shape index (κ1) is 14.9. The second-order valence-electron chi connectivity index (χ2n) is 4.96. The third-order valence-electron chi connectivity index (χ3n) is 3.15. The second-order valence-corrected chi connectivity index (χ2v) is 6.69. The van der Waals surface area contributed by atoms with Crippen molar-refractivity contribution in [1.82, 2.24) is 10.6 Å². The minimum Gasteiger partial charge on any atom is -0.314 e. The predicted molar refractivity (Wildman–Crippen MR) is 70.3 cm³/mol. The van der Waals surface area contributed by atoms with Crippen molar-refractivity contribution >= 4 is 10.0 Å². The fourth-order valence-corrected chi connectivity index (χ4v) is 2.80. The molecule has 1 aliphatic heterocycles. The van der Waals surface area contributed by atoms with E-state index >= 15 is 0 Å². The van der Waals surface area contributed by atoms with Gasteiger partial charge < -0.3 is 10.6 Å². The number of primary sulfonamides is 1. The molecule has 1 heterocycles. The topological polar surface area (TPSA) is 84.2 Å². The van der Waals surface area contributed by atoms with Crippen molar-refractivity contribution in [1.29, 1.82) is 0 Å². The van der Waals surface area contributed by atoms with Crippen LogP contribution in [-0.2, 0) is 10.0 Å². The van der Waals surface area contributed by atoms with Gasteiger partial charge in [-0.15, -0.1) is 0 Å². The number of sulfonamides is 1. The molecule has 1 saturated heterocycles. The molecule has 0 aliphatic carbocycles. The maximum absolute atomic E-state index is 10.7. The fourth-order valence-electron chi connectivity index (χ4n) is 2.26. The molecule has 0 saturated carbocycles. The summed E-state index contributed by atoms with van der Waals surface area (Å²) in [6, 6.07) is 1.04. The van der Waals surface area contributed by atoms with E-state index in [-0.39, 0.29) is 5.75 Å². The lowest BCUT2D eigenvalue weighted by Crippen LogP contribution is -2.40. The molecule has 17 heavy (non-hydrogen) atoms. The van der Waals surface area contributed by atoms with Crippen LogP contribution >= 0.6 is 0 Å². The van der Waals surface area contributed by atoms with Crippen LogP contribution in [-0.4, -0.2) is 39.3 Å². The zero-order chi connectivity index (χ0) is 12.7. The Hall–Kier alpha value is -0.170. The summed E-state index contributed by atoms with van der Waals surface area (Å²) in [5.74, 6) is 0.0639. The lowest BCUT2D eigenvalue weighted by molar-refractivity contribution is 0.345. The van der Waals surface area contributed by atoms with Gasteiger partial charge in [0.2, 0.25) is 10.0 Å². The van der Waals surface area contributed by atoms with Crippen molar-refractivity contribution in [3.63, 3.8) is 0 Å². The first-order valence-electron chi connectivity index (χ1n) is 6.44. The van der Waals surface area contributed by atoms with E-state index in [9.17, 15) is 8.42 Å². The van der Waals surface area contributed by atoms with Gasteiger partial charge in [0.15, 0.2) is 0 Å². The maximum atomic E-state index is 10.7. The van der Waals surface area contributed by atoms with E-state index < -0.39 is 10.0 Å². The van der Waals surface area contributed by atoms with Crippen molar-refractivity contribution in [2.45, 2.75) is 51.1 Å². The van der Waals surface area contributed by atoms with Gasteiger partial charge in [0.1, 0.15) is 0 Å². The Labute approximate surface area is 105 Å². The number of nitrogens with two attached hydrogens (primary N) is 1. The molecule has 0 radical (unpaired) electrons. The molecule has 1 aliphatic rings. The summed E-state index contributed by atoms with van der Waals surface area (Å²) in [6.45, 7) is 3.99. The summed E-state index contributed by atoms with van der Waals surface area (Å²) in [5, 5.41) is 11.8. The summed E-state index contributed by atoms with van der Waals surface area (Å²) in [7, 11) is -3.30. The molecule has 0 amide bonds. The lowest BCUT2D eigenvalue weighted by Gasteiger charge is -2.26. The zero-order valence-electron chi connectivity index (χ0n) is 10.6. The van der Waals surface area contributed by atoms with Gasteiger partial charge in [0.25, 0.3) is 0 Å². The minimum atomic E-state index is -3.30. The van der Waals surface area contributed by atoms with Crippen LogP contribution in [0.15, 0.2) is 0 Å². The van der Waals surface area contributed by atoms with Gasteiger partial charge in [-0.25, -0.2) is 13.6 Å². The first-order chi connectivity index (χ1) is 7.97. The molecule has 5 nitrogen and oxygen atoms in total. The van der Waals surface area contributed by atoms with Crippen LogP contribution < -0.4 is 15.8 Å². The molecule has 0 aromatic rings. The van der Waals surface area contributed by atoms with Crippen LogP contribution in [0.5, 0.6) is 0 Å². The van der Waals surface area contributed by atoms with E-state index in [1.165, 1.54) is 19.3 Å². The van der Waals surface area contributed by atoms with Gasteiger partial charge in [0, 0.05) is 12.1 Å². The average molecular weight is 263 g/mol. The largest absolute Gasteiger partial charge is 0.314 e. The highest BCUT2D eigenvalue weighted by atomic mass is 32.2. The minimum absolute atomic E-state index is 0.0639. The van der Waals surface area contributed by atoms with Crippen LogP contribution in [0.25, 0.3) is 0 Å². The normalized spacial score (nSPS) is 23.5. The summed E-state index contributed by atoms with van der Waals surface area (Å²) in [4.78, 5) is 0. The highest BCUT2D eigenvalue weighted by Gasteiger charge is 2.15. The molecule has 1 fully saturated rings. The van der Waals surface area contributed by atoms with Crippen LogP contribution in [0.1, 0.15) is 39.0 Å². The van der Waals surface area contributed by atoms with Crippen molar-refractivity contribution in [2.75, 3.05) is 18.8 Å². The van der Waals surface area contributed by atoms with E-state index in [0.717, 1.165) is 13.0 Å². The fraction of sp³-hybridized carbons (Fsp3) is 1.00. The Balaban J connectivity index is 2.06. The van der Waals surface area contributed by atoms with Gasteiger partial charge in [-0.3, -0.25) is 0 Å². The molecule has 0 aromatic carbocycles. The predicted octanol–water partition coefficient (Wildman–Crippen LogP) is 0.175. The average Bonchev–Trinajstić information content (AvgIpc) is 2.25. The summed E-state index contributed by atoms with van der Waals surface area (Å²) in [6.07, 6.45) is 5.54. The number of rotatable bonds is 7. The molecule has 4 N–H and O–H groups in total. The molecule has 1 rings (SSSR count). The van der Waals surface area contributed by atoms with Crippen molar-refractivity contribution in [3.05, 3.63) is 0 Å². The van der Waals surface area contributed by atoms with Gasteiger partial charge >= 0.3 is 0 Å².